The van der Waals surface area contributed by atoms with E-state index in [0.29, 0.717) is 90.6 Å². The number of benzene rings is 3. The molecule has 12 nitrogen and oxygen atoms in total. The maximum atomic E-state index is 12.1. The number of ether oxygens (including phenoxy) is 3. The van der Waals surface area contributed by atoms with Gasteiger partial charge in [-0.1, -0.05) is 60.0 Å². The van der Waals surface area contributed by atoms with Crippen LogP contribution in [0, 0.1) is 18.3 Å². The largest absolute Gasteiger partial charge is 0.492 e. The van der Waals surface area contributed by atoms with Gasteiger partial charge in [0, 0.05) is 61.3 Å². The molecule has 3 aromatic carbocycles. The van der Waals surface area contributed by atoms with E-state index in [2.05, 4.69) is 16.0 Å². The van der Waals surface area contributed by atoms with Crippen molar-refractivity contribution in [3.05, 3.63) is 105 Å². The van der Waals surface area contributed by atoms with Crippen LogP contribution in [0.3, 0.4) is 0 Å². The monoisotopic (exact) mass is 816 g/mol. The number of pyridine rings is 1. The zero-order chi connectivity index (χ0) is 40.5. The number of piperidine rings is 2. The Morgan fingerprint density at radius 2 is 1.67 bits per heavy atom. The SMILES string of the molecule is Cc1c(COc2cc(OCc3cncc(C#N)c3)c(CN3CCCCC3C(=O)O)cc2Cl)cccc1-c1cccc(OCCCN2CCC(O)(C(=O)O)CC2)c1Cl. The number of carboxylic acids is 2. The van der Waals surface area contributed by atoms with Crippen molar-refractivity contribution in [1.82, 2.24) is 14.8 Å². The van der Waals surface area contributed by atoms with E-state index >= 15 is 0 Å². The molecule has 0 aliphatic carbocycles. The van der Waals surface area contributed by atoms with E-state index in [0.717, 1.165) is 40.7 Å². The van der Waals surface area contributed by atoms with Crippen molar-refractivity contribution in [1.29, 1.82) is 5.26 Å². The van der Waals surface area contributed by atoms with Crippen molar-refractivity contribution in [2.75, 3.05) is 32.8 Å². The summed E-state index contributed by atoms with van der Waals surface area (Å²) >= 11 is 13.8. The van der Waals surface area contributed by atoms with Gasteiger partial charge in [0.15, 0.2) is 5.60 Å². The number of nitrogens with zero attached hydrogens (tertiary/aromatic N) is 4. The molecule has 2 saturated heterocycles. The summed E-state index contributed by atoms with van der Waals surface area (Å²) in [5.74, 6) is -0.579. The molecule has 0 radical (unpaired) electrons. The number of rotatable bonds is 16. The molecule has 2 aliphatic heterocycles. The van der Waals surface area contributed by atoms with E-state index in [9.17, 15) is 30.2 Å². The highest BCUT2D eigenvalue weighted by Gasteiger charge is 2.39. The first-order valence-corrected chi connectivity index (χ1v) is 19.8. The lowest BCUT2D eigenvalue weighted by Crippen LogP contribution is -2.49. The first kappa shape index (κ1) is 41.7. The fraction of sp³-hybridized carbons (Fsp3) is 0.395. The minimum atomic E-state index is -1.64. The molecule has 1 atom stereocenters. The van der Waals surface area contributed by atoms with Crippen LogP contribution in [-0.4, -0.2) is 86.5 Å². The number of hydrogen-bond donors (Lipinski definition) is 3. The topological polar surface area (TPSA) is 166 Å². The van der Waals surface area contributed by atoms with Gasteiger partial charge in [-0.15, -0.1) is 0 Å². The first-order chi connectivity index (χ1) is 27.5. The van der Waals surface area contributed by atoms with Crippen LogP contribution in [-0.2, 0) is 29.3 Å². The molecule has 3 N–H and O–H groups in total. The van der Waals surface area contributed by atoms with Gasteiger partial charge in [0.25, 0.3) is 0 Å². The van der Waals surface area contributed by atoms with Crippen LogP contribution < -0.4 is 14.2 Å². The number of nitriles is 1. The fourth-order valence-electron chi connectivity index (χ4n) is 7.36. The maximum Gasteiger partial charge on any atom is 0.335 e. The van der Waals surface area contributed by atoms with Crippen LogP contribution in [0.25, 0.3) is 11.1 Å². The smallest absolute Gasteiger partial charge is 0.335 e. The highest BCUT2D eigenvalue weighted by atomic mass is 35.5. The molecule has 0 amide bonds. The number of hydrogen-bond acceptors (Lipinski definition) is 10. The first-order valence-electron chi connectivity index (χ1n) is 19.0. The number of aliphatic carboxylic acids is 2. The lowest BCUT2D eigenvalue weighted by atomic mass is 9.91. The Kier molecular flexibility index (Phi) is 13.9. The van der Waals surface area contributed by atoms with Crippen LogP contribution in [0.1, 0.15) is 66.3 Å². The van der Waals surface area contributed by atoms with Crippen molar-refractivity contribution in [2.45, 2.75) is 76.9 Å². The molecule has 0 bridgehead atoms. The van der Waals surface area contributed by atoms with Gasteiger partial charge in [0.2, 0.25) is 0 Å². The third-order valence-electron chi connectivity index (χ3n) is 10.7. The van der Waals surface area contributed by atoms with E-state index in [1.54, 1.807) is 24.4 Å². The number of carboxylic acid groups (broad SMARTS) is 2. The normalized spacial score (nSPS) is 17.1. The van der Waals surface area contributed by atoms with Crippen LogP contribution in [0.4, 0.5) is 0 Å². The van der Waals surface area contributed by atoms with Crippen LogP contribution in [0.5, 0.6) is 17.2 Å². The molecule has 300 valence electrons. The number of halogens is 2. The zero-order valence-corrected chi connectivity index (χ0v) is 33.3. The molecule has 3 heterocycles. The summed E-state index contributed by atoms with van der Waals surface area (Å²) in [5, 5.41) is 39.6. The van der Waals surface area contributed by atoms with Crippen LogP contribution in [0.15, 0.2) is 67.0 Å². The molecular weight excluding hydrogens is 771 g/mol. The Morgan fingerprint density at radius 1 is 0.912 bits per heavy atom. The van der Waals surface area contributed by atoms with Gasteiger partial charge in [-0.3, -0.25) is 14.7 Å². The summed E-state index contributed by atoms with van der Waals surface area (Å²) in [4.78, 5) is 31.6. The molecule has 0 saturated carbocycles. The molecular formula is C43H46Cl2N4O8. The fourth-order valence-corrected chi connectivity index (χ4v) is 7.88. The van der Waals surface area contributed by atoms with Crippen molar-refractivity contribution < 1.29 is 39.1 Å². The predicted octanol–water partition coefficient (Wildman–Crippen LogP) is 7.51. The standard InChI is InChI=1S/C43H46Cl2N4O8/c1-28-31(7-4-8-33(28)34-9-5-11-37(40(34)45)55-18-6-14-48-16-12-43(54,13-17-48)42(52)53)27-57-39-21-38(56-26-30-19-29(22-46)23-47-24-30)32(20-35(39)44)25-49-15-3-2-10-36(49)41(50)51/h4-5,7-9,11,19-21,23-24,36,54H,2-3,6,10,12-18,25-27H2,1H3,(H,50,51)(H,52,53). The van der Waals surface area contributed by atoms with E-state index < -0.39 is 23.6 Å². The van der Waals surface area contributed by atoms with Gasteiger partial charge in [-0.25, -0.2) is 4.79 Å². The molecule has 0 spiro atoms. The second-order valence-corrected chi connectivity index (χ2v) is 15.4. The lowest BCUT2D eigenvalue weighted by Gasteiger charge is -2.35. The molecule has 1 unspecified atom stereocenters. The molecule has 4 aromatic rings. The Labute approximate surface area is 342 Å². The molecule has 57 heavy (non-hydrogen) atoms. The minimum absolute atomic E-state index is 0.127. The number of likely N-dealkylation sites (tertiary alicyclic amines) is 2. The molecule has 2 fully saturated rings. The van der Waals surface area contributed by atoms with Gasteiger partial charge in [0.1, 0.15) is 42.6 Å². The summed E-state index contributed by atoms with van der Waals surface area (Å²) in [5.41, 5.74) is 3.79. The number of aromatic nitrogens is 1. The number of carbonyl (C=O) groups is 2. The average molecular weight is 818 g/mol. The molecule has 6 rings (SSSR count). The second-order valence-electron chi connectivity index (χ2n) is 14.6. The lowest BCUT2D eigenvalue weighted by molar-refractivity contribution is -0.163. The van der Waals surface area contributed by atoms with E-state index in [4.69, 9.17) is 37.4 Å². The Bertz CT molecular complexity index is 2120. The molecule has 14 heteroatoms. The van der Waals surface area contributed by atoms with Gasteiger partial charge in [-0.2, -0.15) is 5.26 Å². The minimum Gasteiger partial charge on any atom is -0.492 e. The number of aliphatic hydroxyl groups is 1. The van der Waals surface area contributed by atoms with Crippen LogP contribution in [0.2, 0.25) is 10.0 Å². The zero-order valence-electron chi connectivity index (χ0n) is 31.8. The second kappa shape index (κ2) is 19.0. The summed E-state index contributed by atoms with van der Waals surface area (Å²) in [7, 11) is 0. The molecule has 1 aromatic heterocycles. The van der Waals surface area contributed by atoms with Crippen molar-refractivity contribution >= 4 is 35.1 Å². The Balaban J connectivity index is 1.14. The maximum absolute atomic E-state index is 12.1. The summed E-state index contributed by atoms with van der Waals surface area (Å²) in [6.45, 7) is 5.43. The van der Waals surface area contributed by atoms with Gasteiger partial charge >= 0.3 is 11.9 Å². The third-order valence-corrected chi connectivity index (χ3v) is 11.4. The van der Waals surface area contributed by atoms with Gasteiger partial charge in [0.05, 0.1) is 22.2 Å². The quantitative estimate of drug-likeness (QED) is 0.0955. The van der Waals surface area contributed by atoms with Crippen molar-refractivity contribution in [2.24, 2.45) is 0 Å². The average Bonchev–Trinajstić information content (AvgIpc) is 3.20. The Morgan fingerprint density at radius 3 is 2.42 bits per heavy atom. The van der Waals surface area contributed by atoms with Gasteiger partial charge in [-0.05, 0) is 80.5 Å². The summed E-state index contributed by atoms with van der Waals surface area (Å²) in [6, 6.07) is 18.3. The van der Waals surface area contributed by atoms with Crippen molar-refractivity contribution in [3.63, 3.8) is 0 Å². The Hall–Kier alpha value is -4.90. The highest BCUT2D eigenvalue weighted by Crippen LogP contribution is 2.39. The highest BCUT2D eigenvalue weighted by molar-refractivity contribution is 6.35. The van der Waals surface area contributed by atoms with Crippen molar-refractivity contribution in [3.8, 4) is 34.4 Å². The van der Waals surface area contributed by atoms with E-state index in [1.807, 2.05) is 48.2 Å². The predicted molar refractivity (Wildman–Crippen MR) is 215 cm³/mol. The summed E-state index contributed by atoms with van der Waals surface area (Å²) < 4.78 is 18.7. The van der Waals surface area contributed by atoms with Gasteiger partial charge < -0.3 is 34.4 Å². The third kappa shape index (κ3) is 10.3. The van der Waals surface area contributed by atoms with E-state index in [1.165, 1.54) is 6.20 Å². The van der Waals surface area contributed by atoms with Crippen LogP contribution >= 0.6 is 23.2 Å². The molecule has 2 aliphatic rings. The van der Waals surface area contributed by atoms with E-state index in [-0.39, 0.29) is 26.1 Å². The summed E-state index contributed by atoms with van der Waals surface area (Å²) in [6.07, 6.45) is 6.53.